The maximum absolute atomic E-state index is 12.3. The van der Waals surface area contributed by atoms with Crippen LogP contribution in [-0.2, 0) is 18.3 Å². The lowest BCUT2D eigenvalue weighted by molar-refractivity contribution is -0.138. The minimum absolute atomic E-state index is 0.00812. The van der Waals surface area contributed by atoms with Crippen LogP contribution in [0.4, 0.5) is 0 Å². The van der Waals surface area contributed by atoms with Crippen molar-refractivity contribution in [2.45, 2.75) is 38.3 Å². The Labute approximate surface area is 179 Å². The Morgan fingerprint density at radius 3 is 1.93 bits per heavy atom. The Hall–Kier alpha value is -1.43. The molecule has 1 unspecified atom stereocenters. The monoisotopic (exact) mass is 454 g/mol. The SMILES string of the molecule is CC(C)(C)[Si](O[C@@H](CC(=O)O)C[PH](=O)OCCl)(c1ccccc1)c1ccccc1. The summed E-state index contributed by atoms with van der Waals surface area (Å²) >= 11 is 5.54. The molecule has 2 aromatic rings. The van der Waals surface area contributed by atoms with Gasteiger partial charge in [0.25, 0.3) is 8.32 Å². The molecule has 0 spiro atoms. The minimum Gasteiger partial charge on any atom is -0.481 e. The van der Waals surface area contributed by atoms with Crippen LogP contribution in [0.1, 0.15) is 27.2 Å². The van der Waals surface area contributed by atoms with Crippen molar-refractivity contribution in [2.75, 3.05) is 12.2 Å². The molecule has 1 N–H and O–H groups in total. The van der Waals surface area contributed by atoms with Gasteiger partial charge in [0.15, 0.2) is 8.03 Å². The average molecular weight is 455 g/mol. The van der Waals surface area contributed by atoms with Crippen molar-refractivity contribution in [2.24, 2.45) is 0 Å². The Balaban J connectivity index is 2.61. The number of halogens is 1. The summed E-state index contributed by atoms with van der Waals surface area (Å²) in [5, 5.41) is 11.2. The predicted molar refractivity (Wildman–Crippen MR) is 120 cm³/mol. The highest BCUT2D eigenvalue weighted by atomic mass is 35.5. The Morgan fingerprint density at radius 1 is 1.07 bits per heavy atom. The summed E-state index contributed by atoms with van der Waals surface area (Å²) in [6.07, 6.45) is -1.01. The van der Waals surface area contributed by atoms with Crippen molar-refractivity contribution in [3.63, 3.8) is 0 Å². The molecule has 29 heavy (non-hydrogen) atoms. The first-order chi connectivity index (χ1) is 13.7. The molecule has 0 radical (unpaired) electrons. The lowest BCUT2D eigenvalue weighted by atomic mass is 10.2. The highest BCUT2D eigenvalue weighted by molar-refractivity contribution is 7.39. The molecular weight excluding hydrogens is 427 g/mol. The van der Waals surface area contributed by atoms with E-state index in [4.69, 9.17) is 20.6 Å². The quantitative estimate of drug-likeness (QED) is 0.332. The highest BCUT2D eigenvalue weighted by Gasteiger charge is 2.51. The normalized spacial score (nSPS) is 14.3. The second-order valence-electron chi connectivity index (χ2n) is 7.83. The van der Waals surface area contributed by atoms with Crippen molar-refractivity contribution in [1.82, 2.24) is 0 Å². The summed E-state index contributed by atoms with van der Waals surface area (Å²) in [5.41, 5.74) is 0. The standard InChI is InChI=1S/C21H28ClO5PSi/c1-21(2,3)29(18-10-6-4-7-11-18,19-12-8-5-9-13-19)27-17(14-20(23)24)15-28(25)26-16-22/h4-13,17,28H,14-16H2,1-3H3,(H,23,24)/t17-/m0/s1. The summed E-state index contributed by atoms with van der Waals surface area (Å²) in [4.78, 5) is 11.5. The van der Waals surface area contributed by atoms with E-state index in [0.717, 1.165) is 10.4 Å². The second kappa shape index (κ2) is 10.6. The van der Waals surface area contributed by atoms with Gasteiger partial charge in [0.05, 0.1) is 12.5 Å². The van der Waals surface area contributed by atoms with Gasteiger partial charge in [-0.3, -0.25) is 9.36 Å². The number of benzene rings is 2. The van der Waals surface area contributed by atoms with E-state index >= 15 is 0 Å². The average Bonchev–Trinajstić information content (AvgIpc) is 2.66. The van der Waals surface area contributed by atoms with Crippen molar-refractivity contribution < 1.29 is 23.4 Å². The smallest absolute Gasteiger partial charge is 0.305 e. The van der Waals surface area contributed by atoms with Crippen molar-refractivity contribution in [1.29, 1.82) is 0 Å². The van der Waals surface area contributed by atoms with Gasteiger partial charge in [-0.1, -0.05) is 93.0 Å². The number of aliphatic carboxylic acids is 1. The summed E-state index contributed by atoms with van der Waals surface area (Å²) < 4.78 is 24.0. The highest BCUT2D eigenvalue weighted by Crippen LogP contribution is 2.39. The van der Waals surface area contributed by atoms with Gasteiger partial charge in [0.2, 0.25) is 0 Å². The van der Waals surface area contributed by atoms with Gasteiger partial charge in [0.1, 0.15) is 6.07 Å². The second-order valence-corrected chi connectivity index (χ2v) is 13.7. The van der Waals surface area contributed by atoms with Gasteiger partial charge in [-0.25, -0.2) is 0 Å². The van der Waals surface area contributed by atoms with E-state index in [-0.39, 0.29) is 23.7 Å². The number of carboxylic acids is 1. The fourth-order valence-corrected chi connectivity index (χ4v) is 9.65. The van der Waals surface area contributed by atoms with Crippen LogP contribution in [0.5, 0.6) is 0 Å². The molecule has 8 heteroatoms. The molecule has 0 saturated heterocycles. The Kier molecular flexibility index (Phi) is 8.68. The molecule has 5 nitrogen and oxygen atoms in total. The summed E-state index contributed by atoms with van der Waals surface area (Å²) in [6, 6.07) is 19.6. The van der Waals surface area contributed by atoms with Gasteiger partial charge < -0.3 is 14.1 Å². The van der Waals surface area contributed by atoms with E-state index in [1.165, 1.54) is 0 Å². The molecule has 0 amide bonds. The lowest BCUT2D eigenvalue weighted by Crippen LogP contribution is -2.68. The van der Waals surface area contributed by atoms with E-state index in [0.29, 0.717) is 0 Å². The first kappa shape index (κ1) is 23.8. The van der Waals surface area contributed by atoms with Crippen LogP contribution in [0.15, 0.2) is 60.7 Å². The zero-order valence-electron chi connectivity index (χ0n) is 16.9. The number of hydrogen-bond donors (Lipinski definition) is 1. The third-order valence-electron chi connectivity index (χ3n) is 4.77. The first-order valence-electron chi connectivity index (χ1n) is 9.43. The van der Waals surface area contributed by atoms with Crippen molar-refractivity contribution in [3.8, 4) is 0 Å². The Morgan fingerprint density at radius 2 is 1.55 bits per heavy atom. The fourth-order valence-electron chi connectivity index (χ4n) is 3.60. The number of carbonyl (C=O) groups is 1. The van der Waals surface area contributed by atoms with Crippen LogP contribution in [0.2, 0.25) is 5.04 Å². The molecule has 2 atom stereocenters. The van der Waals surface area contributed by atoms with Crippen LogP contribution in [0.3, 0.4) is 0 Å². The molecule has 158 valence electrons. The number of hydrogen-bond acceptors (Lipinski definition) is 4. The molecule has 0 fully saturated rings. The van der Waals surface area contributed by atoms with Crippen LogP contribution in [-0.4, -0.2) is 37.7 Å². The number of alkyl halides is 1. The third-order valence-corrected chi connectivity index (χ3v) is 11.4. The van der Waals surface area contributed by atoms with E-state index in [9.17, 15) is 14.5 Å². The van der Waals surface area contributed by atoms with Crippen molar-refractivity contribution >= 4 is 44.3 Å². The molecule has 0 bridgehead atoms. The maximum atomic E-state index is 12.3. The molecule has 0 aliphatic rings. The van der Waals surface area contributed by atoms with E-state index < -0.39 is 28.4 Å². The van der Waals surface area contributed by atoms with Crippen molar-refractivity contribution in [3.05, 3.63) is 60.7 Å². The molecule has 0 heterocycles. The zero-order chi connectivity index (χ0) is 21.5. The van der Waals surface area contributed by atoms with Gasteiger partial charge in [-0.05, 0) is 15.4 Å². The third kappa shape index (κ3) is 6.03. The van der Waals surface area contributed by atoms with Gasteiger partial charge in [0, 0.05) is 6.16 Å². The number of carboxylic acid groups (broad SMARTS) is 1. The lowest BCUT2D eigenvalue weighted by Gasteiger charge is -2.45. The van der Waals surface area contributed by atoms with E-state index in [1.54, 1.807) is 0 Å². The molecular formula is C21H28ClO5PSi. The topological polar surface area (TPSA) is 72.8 Å². The summed E-state index contributed by atoms with van der Waals surface area (Å²) in [7, 11) is -5.46. The summed E-state index contributed by atoms with van der Waals surface area (Å²) in [6.45, 7) is 6.32. The van der Waals surface area contributed by atoms with Gasteiger partial charge in [-0.15, -0.1) is 0 Å². The molecule has 0 saturated carbocycles. The van der Waals surface area contributed by atoms with Crippen LogP contribution in [0, 0.1) is 0 Å². The molecule has 2 rings (SSSR count). The van der Waals surface area contributed by atoms with E-state index in [2.05, 4.69) is 20.8 Å². The van der Waals surface area contributed by atoms with Crippen LogP contribution < -0.4 is 10.4 Å². The number of rotatable bonds is 10. The molecule has 0 aromatic heterocycles. The Bertz CT molecular complexity index is 771. The zero-order valence-corrected chi connectivity index (χ0v) is 19.7. The van der Waals surface area contributed by atoms with E-state index in [1.807, 2.05) is 60.7 Å². The maximum Gasteiger partial charge on any atom is 0.305 e. The molecule has 2 aromatic carbocycles. The molecule has 0 aliphatic carbocycles. The van der Waals surface area contributed by atoms with Crippen LogP contribution in [0.25, 0.3) is 0 Å². The first-order valence-corrected chi connectivity index (χ1v) is 13.4. The fraction of sp³-hybridized carbons (Fsp3) is 0.381. The summed E-state index contributed by atoms with van der Waals surface area (Å²) in [5.74, 6) is -1.01. The largest absolute Gasteiger partial charge is 0.481 e. The van der Waals surface area contributed by atoms with Crippen LogP contribution >= 0.6 is 19.6 Å². The molecule has 0 aliphatic heterocycles. The predicted octanol–water partition coefficient (Wildman–Crippen LogP) is 4.09. The van der Waals surface area contributed by atoms with Gasteiger partial charge >= 0.3 is 5.97 Å². The van der Waals surface area contributed by atoms with Gasteiger partial charge in [-0.2, -0.15) is 0 Å². The minimum atomic E-state index is -2.94.